The zero-order valence-electron chi connectivity index (χ0n) is 13.0. The first-order chi connectivity index (χ1) is 8.82. The molecule has 0 N–H and O–H groups in total. The van der Waals surface area contributed by atoms with Crippen molar-refractivity contribution in [3.05, 3.63) is 28.8 Å². The van der Waals surface area contributed by atoms with Gasteiger partial charge in [0.05, 0.1) is 6.61 Å². The van der Waals surface area contributed by atoms with Crippen LogP contribution < -0.4 is 4.74 Å². The average Bonchev–Trinajstić information content (AvgIpc) is 3.04. The number of hydrogen-bond acceptors (Lipinski definition) is 2. The quantitative estimate of drug-likeness (QED) is 0.733. The van der Waals surface area contributed by atoms with Crippen LogP contribution in [0.15, 0.2) is 12.1 Å². The number of epoxide rings is 1. The standard InChI is InChI=1S/C17H26O2/c1-11(2)14-7-13(5)8-15(12(3)4)16(14)18-9-17(6)10-19-17/h7-8,11-12H,9-10H2,1-6H3. The van der Waals surface area contributed by atoms with Crippen molar-refractivity contribution < 1.29 is 9.47 Å². The van der Waals surface area contributed by atoms with Gasteiger partial charge in [-0.3, -0.25) is 0 Å². The maximum atomic E-state index is 6.15. The van der Waals surface area contributed by atoms with E-state index in [1.165, 1.54) is 16.7 Å². The molecule has 1 aliphatic heterocycles. The van der Waals surface area contributed by atoms with Crippen LogP contribution in [0.2, 0.25) is 0 Å². The minimum atomic E-state index is -0.0621. The molecule has 1 aliphatic rings. The summed E-state index contributed by atoms with van der Waals surface area (Å²) in [5.74, 6) is 2.02. The van der Waals surface area contributed by atoms with Gasteiger partial charge in [-0.05, 0) is 36.8 Å². The van der Waals surface area contributed by atoms with E-state index in [4.69, 9.17) is 9.47 Å². The first-order valence-corrected chi connectivity index (χ1v) is 7.23. The summed E-state index contributed by atoms with van der Waals surface area (Å²) >= 11 is 0. The molecule has 2 nitrogen and oxygen atoms in total. The Balaban J connectivity index is 2.35. The lowest BCUT2D eigenvalue weighted by Crippen LogP contribution is -2.18. The van der Waals surface area contributed by atoms with Gasteiger partial charge in [-0.1, -0.05) is 45.4 Å². The summed E-state index contributed by atoms with van der Waals surface area (Å²) in [6.07, 6.45) is 0. The smallest absolute Gasteiger partial charge is 0.126 e. The summed E-state index contributed by atoms with van der Waals surface area (Å²) in [4.78, 5) is 0. The lowest BCUT2D eigenvalue weighted by Gasteiger charge is -2.22. The van der Waals surface area contributed by atoms with Crippen molar-refractivity contribution in [2.45, 2.75) is 59.0 Å². The number of rotatable bonds is 5. The first kappa shape index (κ1) is 14.4. The molecule has 1 aromatic rings. The van der Waals surface area contributed by atoms with Crippen molar-refractivity contribution in [3.63, 3.8) is 0 Å². The Labute approximate surface area is 117 Å². The molecule has 106 valence electrons. The fourth-order valence-corrected chi connectivity index (χ4v) is 2.29. The summed E-state index contributed by atoms with van der Waals surface area (Å²) in [6.45, 7) is 14.6. The number of benzene rings is 1. The summed E-state index contributed by atoms with van der Waals surface area (Å²) in [5.41, 5.74) is 3.88. The molecule has 0 aliphatic carbocycles. The molecule has 1 atom stereocenters. The van der Waals surface area contributed by atoms with Crippen molar-refractivity contribution in [2.75, 3.05) is 13.2 Å². The SMILES string of the molecule is Cc1cc(C(C)C)c(OCC2(C)CO2)c(C(C)C)c1. The van der Waals surface area contributed by atoms with E-state index < -0.39 is 0 Å². The van der Waals surface area contributed by atoms with Crippen molar-refractivity contribution >= 4 is 0 Å². The number of hydrogen-bond donors (Lipinski definition) is 0. The van der Waals surface area contributed by atoms with Gasteiger partial charge in [0, 0.05) is 0 Å². The second kappa shape index (κ2) is 5.16. The summed E-state index contributed by atoms with van der Waals surface area (Å²) in [7, 11) is 0. The molecule has 0 bridgehead atoms. The van der Waals surface area contributed by atoms with Crippen molar-refractivity contribution in [1.82, 2.24) is 0 Å². The molecule has 2 heteroatoms. The van der Waals surface area contributed by atoms with E-state index in [0.717, 1.165) is 12.4 Å². The maximum absolute atomic E-state index is 6.15. The molecule has 1 fully saturated rings. The topological polar surface area (TPSA) is 21.8 Å². The predicted octanol–water partition coefficient (Wildman–Crippen LogP) is 4.41. The first-order valence-electron chi connectivity index (χ1n) is 7.23. The van der Waals surface area contributed by atoms with E-state index in [1.54, 1.807) is 0 Å². The second-order valence-corrected chi connectivity index (χ2v) is 6.61. The Kier molecular flexibility index (Phi) is 3.91. The summed E-state index contributed by atoms with van der Waals surface area (Å²) < 4.78 is 11.6. The van der Waals surface area contributed by atoms with Gasteiger partial charge in [-0.15, -0.1) is 0 Å². The molecule has 0 radical (unpaired) electrons. The normalized spacial score (nSPS) is 22.1. The van der Waals surface area contributed by atoms with Crippen LogP contribution in [-0.4, -0.2) is 18.8 Å². The Bertz CT molecular complexity index is 427. The van der Waals surface area contributed by atoms with Crippen LogP contribution >= 0.6 is 0 Å². The molecular weight excluding hydrogens is 236 g/mol. The molecular formula is C17H26O2. The van der Waals surface area contributed by atoms with Crippen molar-refractivity contribution in [3.8, 4) is 5.75 Å². The van der Waals surface area contributed by atoms with E-state index in [9.17, 15) is 0 Å². The second-order valence-electron chi connectivity index (χ2n) is 6.61. The molecule has 1 heterocycles. The summed E-state index contributed by atoms with van der Waals surface area (Å²) in [6, 6.07) is 4.50. The van der Waals surface area contributed by atoms with E-state index in [2.05, 4.69) is 53.7 Å². The molecule has 1 saturated heterocycles. The highest BCUT2D eigenvalue weighted by molar-refractivity contribution is 5.47. The minimum absolute atomic E-state index is 0.0621. The fraction of sp³-hybridized carbons (Fsp3) is 0.647. The van der Waals surface area contributed by atoms with Crippen LogP contribution in [0.25, 0.3) is 0 Å². The Hall–Kier alpha value is -1.02. The molecule has 19 heavy (non-hydrogen) atoms. The zero-order valence-corrected chi connectivity index (χ0v) is 13.0. The van der Waals surface area contributed by atoms with Crippen LogP contribution in [0, 0.1) is 6.92 Å². The monoisotopic (exact) mass is 262 g/mol. The highest BCUT2D eigenvalue weighted by atomic mass is 16.6. The molecule has 0 amide bonds. The van der Waals surface area contributed by atoms with Gasteiger partial charge in [-0.25, -0.2) is 0 Å². The van der Waals surface area contributed by atoms with E-state index in [-0.39, 0.29) is 5.60 Å². The van der Waals surface area contributed by atoms with Crippen LogP contribution in [0.3, 0.4) is 0 Å². The van der Waals surface area contributed by atoms with Crippen LogP contribution in [0.1, 0.15) is 63.1 Å². The average molecular weight is 262 g/mol. The van der Waals surface area contributed by atoms with E-state index in [1.807, 2.05) is 0 Å². The molecule has 0 aromatic heterocycles. The maximum Gasteiger partial charge on any atom is 0.126 e. The van der Waals surface area contributed by atoms with Gasteiger partial charge in [-0.2, -0.15) is 0 Å². The zero-order chi connectivity index (χ0) is 14.2. The Morgan fingerprint density at radius 2 is 1.63 bits per heavy atom. The molecule has 0 saturated carbocycles. The van der Waals surface area contributed by atoms with Gasteiger partial charge >= 0.3 is 0 Å². The number of ether oxygens (including phenoxy) is 2. The third kappa shape index (κ3) is 3.30. The van der Waals surface area contributed by atoms with Crippen LogP contribution in [0.5, 0.6) is 5.75 Å². The lowest BCUT2D eigenvalue weighted by molar-refractivity contribution is 0.199. The lowest BCUT2D eigenvalue weighted by atomic mass is 9.92. The van der Waals surface area contributed by atoms with Gasteiger partial charge in [0.1, 0.15) is 18.0 Å². The van der Waals surface area contributed by atoms with Gasteiger partial charge in [0.25, 0.3) is 0 Å². The van der Waals surface area contributed by atoms with Gasteiger partial charge < -0.3 is 9.47 Å². The molecule has 2 rings (SSSR count). The predicted molar refractivity (Wildman–Crippen MR) is 79.2 cm³/mol. The van der Waals surface area contributed by atoms with Crippen LogP contribution in [0.4, 0.5) is 0 Å². The van der Waals surface area contributed by atoms with Gasteiger partial charge in [0.15, 0.2) is 0 Å². The Morgan fingerprint density at radius 1 is 1.16 bits per heavy atom. The summed E-state index contributed by atoms with van der Waals surface area (Å²) in [5, 5.41) is 0. The number of aryl methyl sites for hydroxylation is 1. The Morgan fingerprint density at radius 3 is 2.00 bits per heavy atom. The van der Waals surface area contributed by atoms with Crippen LogP contribution in [-0.2, 0) is 4.74 Å². The molecule has 0 spiro atoms. The molecule has 1 aromatic carbocycles. The van der Waals surface area contributed by atoms with E-state index >= 15 is 0 Å². The highest BCUT2D eigenvalue weighted by Crippen LogP contribution is 2.37. The third-order valence-electron chi connectivity index (χ3n) is 3.69. The molecule has 1 unspecified atom stereocenters. The largest absolute Gasteiger partial charge is 0.490 e. The third-order valence-corrected chi connectivity index (χ3v) is 3.69. The highest BCUT2D eigenvalue weighted by Gasteiger charge is 2.40. The minimum Gasteiger partial charge on any atom is -0.490 e. The fourth-order valence-electron chi connectivity index (χ4n) is 2.29. The van der Waals surface area contributed by atoms with Crippen molar-refractivity contribution in [1.29, 1.82) is 0 Å². The van der Waals surface area contributed by atoms with Crippen molar-refractivity contribution in [2.24, 2.45) is 0 Å². The van der Waals surface area contributed by atoms with E-state index in [0.29, 0.717) is 18.4 Å². The van der Waals surface area contributed by atoms with Gasteiger partial charge in [0.2, 0.25) is 0 Å².